The summed E-state index contributed by atoms with van der Waals surface area (Å²) in [4.78, 5) is 0. The van der Waals surface area contributed by atoms with Gasteiger partial charge in [-0.15, -0.1) is 0 Å². The minimum absolute atomic E-state index is 0.144. The van der Waals surface area contributed by atoms with E-state index in [0.29, 0.717) is 11.3 Å². The van der Waals surface area contributed by atoms with E-state index in [0.717, 1.165) is 23.6 Å². The Morgan fingerprint density at radius 2 is 2.00 bits per heavy atom. The lowest BCUT2D eigenvalue weighted by atomic mass is 9.43. The molecule has 0 spiro atoms. The van der Waals surface area contributed by atoms with Crippen molar-refractivity contribution in [1.82, 2.24) is 0 Å². The maximum Gasteiger partial charge on any atom is 0.494 e. The second-order valence-corrected chi connectivity index (χ2v) is 8.02. The second-order valence-electron chi connectivity index (χ2n) is 8.02. The Balaban J connectivity index is 1.63. The van der Waals surface area contributed by atoms with Gasteiger partial charge in [0.25, 0.3) is 0 Å². The van der Waals surface area contributed by atoms with Crippen molar-refractivity contribution >= 4 is 12.6 Å². The van der Waals surface area contributed by atoms with Gasteiger partial charge in [-0.3, -0.25) is 0 Å². The molecule has 0 amide bonds. The minimum Gasteiger partial charge on any atom is -0.497 e. The lowest BCUT2D eigenvalue weighted by Crippen LogP contribution is -2.65. The third kappa shape index (κ3) is 1.77. The third-order valence-corrected chi connectivity index (χ3v) is 6.68. The largest absolute Gasteiger partial charge is 0.497 e. The van der Waals surface area contributed by atoms with Crippen LogP contribution in [-0.2, 0) is 9.31 Å². The quantitative estimate of drug-likeness (QED) is 0.786. The number of hydrogen-bond donors (Lipinski definition) is 0. The van der Waals surface area contributed by atoms with Gasteiger partial charge in [0.2, 0.25) is 0 Å². The molecule has 0 unspecified atom stereocenters. The number of methoxy groups -OCH3 is 1. The Morgan fingerprint density at radius 3 is 2.64 bits per heavy atom. The van der Waals surface area contributed by atoms with Crippen LogP contribution >= 0.6 is 0 Å². The summed E-state index contributed by atoms with van der Waals surface area (Å²) in [6.45, 7) is 9.14. The van der Waals surface area contributed by atoms with E-state index in [1.165, 1.54) is 12.0 Å². The van der Waals surface area contributed by atoms with Crippen molar-refractivity contribution in [2.75, 3.05) is 7.11 Å². The van der Waals surface area contributed by atoms with Crippen LogP contribution in [0.25, 0.3) is 0 Å². The van der Waals surface area contributed by atoms with Crippen molar-refractivity contribution < 1.29 is 14.0 Å². The normalized spacial score (nSPS) is 38.4. The second kappa shape index (κ2) is 4.51. The molecule has 2 bridgehead atoms. The van der Waals surface area contributed by atoms with E-state index in [4.69, 9.17) is 14.0 Å². The molecule has 0 radical (unpaired) electrons. The van der Waals surface area contributed by atoms with E-state index in [1.807, 2.05) is 6.07 Å². The number of rotatable bonds is 2. The van der Waals surface area contributed by atoms with Crippen molar-refractivity contribution in [3.05, 3.63) is 23.8 Å². The van der Waals surface area contributed by atoms with Crippen LogP contribution in [0.1, 0.15) is 39.2 Å². The van der Waals surface area contributed by atoms with Crippen LogP contribution in [0.5, 0.6) is 5.75 Å². The SMILES string of the molecule is COc1ccc(B2O[C@@H]3C[C@H]4C[C@H](C4(C)C)[C@@]3(C)O2)c(C)c1. The molecule has 1 aromatic rings. The first-order valence-electron chi connectivity index (χ1n) is 8.34. The Hall–Kier alpha value is -0.995. The van der Waals surface area contributed by atoms with Gasteiger partial charge in [-0.05, 0) is 67.1 Å². The van der Waals surface area contributed by atoms with Crippen LogP contribution in [0.15, 0.2) is 18.2 Å². The molecule has 5 rings (SSSR count). The molecule has 1 heterocycles. The Bertz CT molecular complexity index is 614. The molecule has 3 nitrogen and oxygen atoms in total. The Morgan fingerprint density at radius 1 is 1.23 bits per heavy atom. The summed E-state index contributed by atoms with van der Waals surface area (Å²) in [7, 11) is 1.46. The van der Waals surface area contributed by atoms with Gasteiger partial charge < -0.3 is 14.0 Å². The van der Waals surface area contributed by atoms with Crippen molar-refractivity contribution in [2.45, 2.75) is 52.2 Å². The average molecular weight is 300 g/mol. The van der Waals surface area contributed by atoms with Crippen molar-refractivity contribution in [3.8, 4) is 5.75 Å². The first kappa shape index (κ1) is 14.6. The molecule has 4 atom stereocenters. The minimum atomic E-state index is -0.240. The number of benzene rings is 1. The zero-order chi connectivity index (χ0) is 15.7. The lowest BCUT2D eigenvalue weighted by Gasteiger charge is -2.64. The summed E-state index contributed by atoms with van der Waals surface area (Å²) in [6, 6.07) is 6.12. The summed E-state index contributed by atoms with van der Waals surface area (Å²) in [5, 5.41) is 0. The fourth-order valence-corrected chi connectivity index (χ4v) is 5.04. The molecule has 1 saturated heterocycles. The molecule has 4 heteroatoms. The molecular formula is C18H25BO3. The van der Waals surface area contributed by atoms with E-state index in [1.54, 1.807) is 7.11 Å². The van der Waals surface area contributed by atoms with Gasteiger partial charge in [0.15, 0.2) is 0 Å². The van der Waals surface area contributed by atoms with E-state index in [2.05, 4.69) is 39.8 Å². The zero-order valence-electron chi connectivity index (χ0n) is 14.2. The molecule has 0 aromatic heterocycles. The van der Waals surface area contributed by atoms with Crippen molar-refractivity contribution in [2.24, 2.45) is 17.3 Å². The summed E-state index contributed by atoms with van der Waals surface area (Å²) in [6.07, 6.45) is 2.65. The predicted molar refractivity (Wildman–Crippen MR) is 87.5 cm³/mol. The highest BCUT2D eigenvalue weighted by Crippen LogP contribution is 2.65. The average Bonchev–Trinajstić information content (AvgIpc) is 2.83. The van der Waals surface area contributed by atoms with Gasteiger partial charge in [0, 0.05) is 0 Å². The van der Waals surface area contributed by atoms with E-state index in [9.17, 15) is 0 Å². The molecule has 3 saturated carbocycles. The van der Waals surface area contributed by atoms with Crippen molar-refractivity contribution in [3.63, 3.8) is 0 Å². The standard InChI is InChI=1S/C18H25BO3/c1-11-8-13(20-5)6-7-14(11)19-21-16-10-12-9-15(17(12,2)3)18(16,4)22-19/h6-8,12,15-16H,9-10H2,1-5H3/t12-,15-,16-,18-/m1/s1. The maximum atomic E-state index is 6.52. The lowest BCUT2D eigenvalue weighted by molar-refractivity contribution is -0.199. The number of ether oxygens (including phenoxy) is 1. The van der Waals surface area contributed by atoms with Gasteiger partial charge in [0.1, 0.15) is 5.75 Å². The molecule has 4 aliphatic rings. The van der Waals surface area contributed by atoms with Crippen LogP contribution in [-0.4, -0.2) is 25.9 Å². The molecule has 4 fully saturated rings. The molecule has 3 aliphatic carbocycles. The Kier molecular flexibility index (Phi) is 2.99. The van der Waals surface area contributed by atoms with Crippen LogP contribution < -0.4 is 10.2 Å². The fraction of sp³-hybridized carbons (Fsp3) is 0.667. The van der Waals surface area contributed by atoms with E-state index < -0.39 is 0 Å². The molecule has 0 N–H and O–H groups in total. The predicted octanol–water partition coefficient (Wildman–Crippen LogP) is 2.94. The summed E-state index contributed by atoms with van der Waals surface area (Å²) >= 11 is 0. The summed E-state index contributed by atoms with van der Waals surface area (Å²) in [5.74, 6) is 2.27. The van der Waals surface area contributed by atoms with Crippen LogP contribution in [0.3, 0.4) is 0 Å². The number of hydrogen-bond acceptors (Lipinski definition) is 3. The molecule has 118 valence electrons. The monoisotopic (exact) mass is 300 g/mol. The van der Waals surface area contributed by atoms with E-state index >= 15 is 0 Å². The van der Waals surface area contributed by atoms with Gasteiger partial charge in [-0.2, -0.15) is 0 Å². The zero-order valence-corrected chi connectivity index (χ0v) is 14.2. The highest BCUT2D eigenvalue weighted by atomic mass is 16.7. The smallest absolute Gasteiger partial charge is 0.494 e. The van der Waals surface area contributed by atoms with Gasteiger partial charge >= 0.3 is 7.12 Å². The molecular weight excluding hydrogens is 275 g/mol. The van der Waals surface area contributed by atoms with Crippen LogP contribution in [0.2, 0.25) is 0 Å². The maximum absolute atomic E-state index is 6.52. The summed E-state index contributed by atoms with van der Waals surface area (Å²) < 4.78 is 18.2. The van der Waals surface area contributed by atoms with Crippen LogP contribution in [0.4, 0.5) is 0 Å². The van der Waals surface area contributed by atoms with Gasteiger partial charge in [-0.1, -0.05) is 19.9 Å². The van der Waals surface area contributed by atoms with Crippen LogP contribution in [0, 0.1) is 24.2 Å². The summed E-state index contributed by atoms with van der Waals surface area (Å²) in [5.41, 5.74) is 2.54. The first-order valence-corrected chi connectivity index (χ1v) is 8.34. The molecule has 22 heavy (non-hydrogen) atoms. The fourth-order valence-electron chi connectivity index (χ4n) is 5.04. The Labute approximate surface area is 133 Å². The third-order valence-electron chi connectivity index (χ3n) is 6.68. The molecule has 1 aromatic carbocycles. The molecule has 1 aliphatic heterocycles. The van der Waals surface area contributed by atoms with E-state index in [-0.39, 0.29) is 18.8 Å². The van der Waals surface area contributed by atoms with Gasteiger partial charge in [-0.25, -0.2) is 0 Å². The highest BCUT2D eigenvalue weighted by Gasteiger charge is 2.68. The topological polar surface area (TPSA) is 27.7 Å². The van der Waals surface area contributed by atoms with Crippen molar-refractivity contribution in [1.29, 1.82) is 0 Å². The first-order chi connectivity index (χ1) is 10.4. The van der Waals surface area contributed by atoms with Gasteiger partial charge in [0.05, 0.1) is 18.8 Å². The number of aryl methyl sites for hydroxylation is 1. The highest BCUT2D eigenvalue weighted by molar-refractivity contribution is 6.62.